The van der Waals surface area contributed by atoms with Crippen LogP contribution in [0.4, 0.5) is 0 Å². The predicted molar refractivity (Wildman–Crippen MR) is 52.2 cm³/mol. The molecular formula is C9H17NO6. The molecule has 0 spiro atoms. The van der Waals surface area contributed by atoms with Crippen molar-refractivity contribution in [1.29, 1.82) is 0 Å². The van der Waals surface area contributed by atoms with E-state index < -0.39 is 37.3 Å². The van der Waals surface area contributed by atoms with Crippen molar-refractivity contribution in [3.63, 3.8) is 0 Å². The molecule has 94 valence electrons. The number of aliphatic hydroxyl groups excluding tert-OH is 4. The van der Waals surface area contributed by atoms with E-state index in [1.807, 2.05) is 0 Å². The van der Waals surface area contributed by atoms with E-state index in [4.69, 9.17) is 9.84 Å². The van der Waals surface area contributed by atoms with Crippen molar-refractivity contribution in [2.24, 2.45) is 0 Å². The maximum absolute atomic E-state index is 11.1. The molecule has 1 aliphatic rings. The van der Waals surface area contributed by atoms with Gasteiger partial charge in [-0.1, -0.05) is 0 Å². The van der Waals surface area contributed by atoms with Crippen LogP contribution in [0.3, 0.4) is 0 Å². The molecule has 1 heterocycles. The molecule has 1 aliphatic heterocycles. The largest absolute Gasteiger partial charge is 0.394 e. The fraction of sp³-hybridized carbons (Fsp3) is 0.889. The monoisotopic (exact) mass is 235 g/mol. The van der Waals surface area contributed by atoms with Gasteiger partial charge in [-0.25, -0.2) is 0 Å². The molecule has 0 unspecified atom stereocenters. The molecule has 0 aromatic rings. The number of aliphatic hydroxyl groups is 4. The molecule has 0 aromatic heterocycles. The highest BCUT2D eigenvalue weighted by atomic mass is 16.6. The third-order valence-corrected chi connectivity index (χ3v) is 2.81. The van der Waals surface area contributed by atoms with Crippen molar-refractivity contribution in [3.8, 4) is 0 Å². The molecule has 5 atom stereocenters. The third kappa shape index (κ3) is 2.33. The molecular weight excluding hydrogens is 218 g/mol. The normalized spacial score (nSPS) is 39.5. The summed E-state index contributed by atoms with van der Waals surface area (Å²) in [6.07, 6.45) is -5.21. The average molecular weight is 235 g/mol. The Hall–Kier alpha value is -0.730. The van der Waals surface area contributed by atoms with Crippen LogP contribution >= 0.6 is 0 Å². The van der Waals surface area contributed by atoms with Crippen molar-refractivity contribution in [2.75, 3.05) is 13.7 Å². The number of hydrogen-bond donors (Lipinski definition) is 4. The Morgan fingerprint density at radius 3 is 2.31 bits per heavy atom. The molecule has 0 aromatic carbocycles. The number of carbonyl (C=O) groups excluding carboxylic acids is 1. The molecule has 1 fully saturated rings. The van der Waals surface area contributed by atoms with Crippen LogP contribution in [0, 0.1) is 0 Å². The van der Waals surface area contributed by atoms with Crippen LogP contribution in [-0.4, -0.2) is 75.5 Å². The number of ether oxygens (including phenoxy) is 1. The minimum Gasteiger partial charge on any atom is -0.394 e. The molecule has 16 heavy (non-hydrogen) atoms. The maximum atomic E-state index is 11.1. The van der Waals surface area contributed by atoms with Gasteiger partial charge in [0.05, 0.1) is 6.61 Å². The quantitative estimate of drug-likeness (QED) is 0.413. The topological polar surface area (TPSA) is 110 Å². The molecule has 1 rings (SSSR count). The fourth-order valence-electron chi connectivity index (χ4n) is 1.71. The Balaban J connectivity index is 2.83. The van der Waals surface area contributed by atoms with Crippen LogP contribution < -0.4 is 0 Å². The molecule has 1 saturated heterocycles. The first-order chi connectivity index (χ1) is 7.40. The smallest absolute Gasteiger partial charge is 0.219 e. The fourth-order valence-corrected chi connectivity index (χ4v) is 1.71. The highest BCUT2D eigenvalue weighted by Gasteiger charge is 2.46. The lowest BCUT2D eigenvalue weighted by molar-refractivity contribution is -0.268. The summed E-state index contributed by atoms with van der Waals surface area (Å²) in [5.41, 5.74) is 0. The second-order valence-electron chi connectivity index (χ2n) is 3.85. The van der Waals surface area contributed by atoms with Gasteiger partial charge in [-0.15, -0.1) is 0 Å². The minimum atomic E-state index is -1.44. The van der Waals surface area contributed by atoms with Gasteiger partial charge in [0, 0.05) is 14.0 Å². The van der Waals surface area contributed by atoms with Crippen molar-refractivity contribution in [3.05, 3.63) is 0 Å². The lowest BCUT2D eigenvalue weighted by Crippen LogP contribution is -2.64. The highest BCUT2D eigenvalue weighted by molar-refractivity contribution is 5.73. The number of carbonyl (C=O) groups is 1. The number of rotatable bonds is 2. The number of likely N-dealkylation sites (N-methyl/N-ethyl adjacent to an activating group) is 1. The molecule has 7 heteroatoms. The van der Waals surface area contributed by atoms with Gasteiger partial charge in [-0.05, 0) is 0 Å². The van der Waals surface area contributed by atoms with Crippen molar-refractivity contribution in [2.45, 2.75) is 37.6 Å². The van der Waals surface area contributed by atoms with Gasteiger partial charge in [0.2, 0.25) is 5.91 Å². The standard InChI is InChI=1S/C9H17NO6/c1-4(12)10(2)6-8(14)7(13)5(3-11)16-9(6)15/h5-9,11,13-15H,3H2,1-2H3/t5-,6-,7-,8-,9-/m1/s1. The first-order valence-electron chi connectivity index (χ1n) is 4.94. The van der Waals surface area contributed by atoms with Crippen LogP contribution in [-0.2, 0) is 9.53 Å². The number of nitrogens with zero attached hydrogens (tertiary/aromatic N) is 1. The Kier molecular flexibility index (Phi) is 4.22. The highest BCUT2D eigenvalue weighted by Crippen LogP contribution is 2.23. The summed E-state index contributed by atoms with van der Waals surface area (Å²) in [5.74, 6) is -0.374. The molecule has 1 amide bonds. The van der Waals surface area contributed by atoms with Gasteiger partial charge in [0.15, 0.2) is 6.29 Å². The second kappa shape index (κ2) is 5.07. The third-order valence-electron chi connectivity index (χ3n) is 2.81. The van der Waals surface area contributed by atoms with Crippen LogP contribution in [0.15, 0.2) is 0 Å². The van der Waals surface area contributed by atoms with Crippen molar-refractivity contribution in [1.82, 2.24) is 4.90 Å². The second-order valence-corrected chi connectivity index (χ2v) is 3.85. The SMILES string of the molecule is CC(=O)N(C)[C@@H]1[C@@H](O)[C@H](O)[C@@H](CO)O[C@H]1O. The van der Waals surface area contributed by atoms with Gasteiger partial charge in [0.25, 0.3) is 0 Å². The maximum Gasteiger partial charge on any atom is 0.219 e. The zero-order chi connectivity index (χ0) is 12.5. The van der Waals surface area contributed by atoms with Crippen LogP contribution in [0.25, 0.3) is 0 Å². The summed E-state index contributed by atoms with van der Waals surface area (Å²) < 4.78 is 4.90. The Bertz CT molecular complexity index is 260. The van der Waals surface area contributed by atoms with Crippen LogP contribution in [0.5, 0.6) is 0 Å². The molecule has 4 N–H and O–H groups in total. The first kappa shape index (κ1) is 13.3. The molecule has 0 saturated carbocycles. The zero-order valence-electron chi connectivity index (χ0n) is 9.15. The Labute approximate surface area is 92.9 Å². The first-order valence-corrected chi connectivity index (χ1v) is 4.94. The zero-order valence-corrected chi connectivity index (χ0v) is 9.15. The van der Waals surface area contributed by atoms with E-state index in [0.29, 0.717) is 0 Å². The predicted octanol–water partition coefficient (Wildman–Crippen LogP) is -2.74. The van der Waals surface area contributed by atoms with Crippen LogP contribution in [0.2, 0.25) is 0 Å². The van der Waals surface area contributed by atoms with Gasteiger partial charge < -0.3 is 30.1 Å². The van der Waals surface area contributed by atoms with E-state index in [9.17, 15) is 20.1 Å². The van der Waals surface area contributed by atoms with E-state index in [2.05, 4.69) is 0 Å². The lowest BCUT2D eigenvalue weighted by atomic mass is 9.96. The molecule has 0 aliphatic carbocycles. The van der Waals surface area contributed by atoms with Crippen molar-refractivity contribution >= 4 is 5.91 Å². The van der Waals surface area contributed by atoms with Gasteiger partial charge in [0.1, 0.15) is 24.4 Å². The summed E-state index contributed by atoms with van der Waals surface area (Å²) in [6, 6.07) is -1.05. The lowest BCUT2D eigenvalue weighted by Gasteiger charge is -2.43. The molecule has 0 bridgehead atoms. The van der Waals surface area contributed by atoms with E-state index >= 15 is 0 Å². The van der Waals surface area contributed by atoms with Gasteiger partial charge in [-0.2, -0.15) is 0 Å². The van der Waals surface area contributed by atoms with E-state index in [1.54, 1.807) is 0 Å². The van der Waals surface area contributed by atoms with E-state index in [-0.39, 0.29) is 5.91 Å². The van der Waals surface area contributed by atoms with Gasteiger partial charge in [-0.3, -0.25) is 4.79 Å². The number of amides is 1. The summed E-state index contributed by atoms with van der Waals surface area (Å²) in [6.45, 7) is 0.746. The van der Waals surface area contributed by atoms with Crippen LogP contribution in [0.1, 0.15) is 6.92 Å². The average Bonchev–Trinajstić information content (AvgIpc) is 2.23. The Morgan fingerprint density at radius 2 is 1.88 bits per heavy atom. The summed E-state index contributed by atoms with van der Waals surface area (Å²) in [7, 11) is 1.38. The van der Waals surface area contributed by atoms with Gasteiger partial charge >= 0.3 is 0 Å². The Morgan fingerprint density at radius 1 is 1.31 bits per heavy atom. The van der Waals surface area contributed by atoms with E-state index in [0.717, 1.165) is 4.90 Å². The summed E-state index contributed by atoms with van der Waals surface area (Å²) in [4.78, 5) is 12.2. The summed E-state index contributed by atoms with van der Waals surface area (Å²) >= 11 is 0. The molecule has 0 radical (unpaired) electrons. The van der Waals surface area contributed by atoms with E-state index in [1.165, 1.54) is 14.0 Å². The van der Waals surface area contributed by atoms with Crippen molar-refractivity contribution < 1.29 is 30.0 Å². The summed E-state index contributed by atoms with van der Waals surface area (Å²) in [5, 5.41) is 37.7. The molecule has 7 nitrogen and oxygen atoms in total. The number of hydrogen-bond acceptors (Lipinski definition) is 6. The minimum absolute atomic E-state index is 0.374.